The zero-order valence-corrected chi connectivity index (χ0v) is 10.6. The summed E-state index contributed by atoms with van der Waals surface area (Å²) in [6, 6.07) is 0.236. The zero-order valence-electron chi connectivity index (χ0n) is 10.6. The highest BCUT2D eigenvalue weighted by atomic mass is 16.4. The maximum Gasteiger partial charge on any atom is 0.309 e. The Balaban J connectivity index is 2.87. The first-order chi connectivity index (χ1) is 7.28. The highest BCUT2D eigenvalue weighted by molar-refractivity contribution is 5.72. The molecule has 0 spiro atoms. The van der Waals surface area contributed by atoms with E-state index in [9.17, 15) is 15.0 Å². The molecular formula is C12H23NO3. The van der Waals surface area contributed by atoms with Gasteiger partial charge in [0.25, 0.3) is 0 Å². The van der Waals surface area contributed by atoms with Crippen LogP contribution < -0.4 is 0 Å². The second-order valence-electron chi connectivity index (χ2n) is 5.45. The molecule has 1 aliphatic rings. The third kappa shape index (κ3) is 2.55. The quantitative estimate of drug-likeness (QED) is 0.763. The van der Waals surface area contributed by atoms with E-state index in [1.54, 1.807) is 0 Å². The molecular weight excluding hydrogens is 206 g/mol. The normalized spacial score (nSPS) is 34.0. The number of rotatable bonds is 3. The van der Waals surface area contributed by atoms with Gasteiger partial charge in [-0.2, -0.15) is 0 Å². The molecule has 0 bridgehead atoms. The second-order valence-corrected chi connectivity index (χ2v) is 5.45. The van der Waals surface area contributed by atoms with Crippen molar-refractivity contribution in [1.29, 1.82) is 0 Å². The van der Waals surface area contributed by atoms with Gasteiger partial charge in [-0.15, -0.1) is 0 Å². The Morgan fingerprint density at radius 1 is 1.50 bits per heavy atom. The topological polar surface area (TPSA) is 60.8 Å². The minimum absolute atomic E-state index is 0.0434. The molecule has 94 valence electrons. The van der Waals surface area contributed by atoms with Gasteiger partial charge in [0.05, 0.1) is 11.5 Å². The van der Waals surface area contributed by atoms with Crippen molar-refractivity contribution in [3.63, 3.8) is 0 Å². The summed E-state index contributed by atoms with van der Waals surface area (Å²) in [5.41, 5.74) is -1.05. The number of likely N-dealkylation sites (tertiary alicyclic amines) is 1. The van der Waals surface area contributed by atoms with Crippen LogP contribution in [0.15, 0.2) is 0 Å². The molecule has 0 saturated carbocycles. The van der Waals surface area contributed by atoms with Crippen molar-refractivity contribution in [3.8, 4) is 0 Å². The van der Waals surface area contributed by atoms with Gasteiger partial charge in [-0.3, -0.25) is 4.79 Å². The molecule has 1 aliphatic heterocycles. The molecule has 0 radical (unpaired) electrons. The van der Waals surface area contributed by atoms with Crippen molar-refractivity contribution in [2.24, 2.45) is 11.8 Å². The number of aliphatic carboxylic acids is 1. The molecule has 4 nitrogen and oxygen atoms in total. The van der Waals surface area contributed by atoms with Crippen molar-refractivity contribution in [2.75, 3.05) is 13.6 Å². The molecule has 0 amide bonds. The first-order valence-corrected chi connectivity index (χ1v) is 5.93. The number of aliphatic hydroxyl groups is 1. The average Bonchev–Trinajstić information content (AvgIpc) is 2.10. The summed E-state index contributed by atoms with van der Waals surface area (Å²) >= 11 is 0. The molecule has 3 atom stereocenters. The maximum absolute atomic E-state index is 11.3. The van der Waals surface area contributed by atoms with Crippen LogP contribution in [0.1, 0.15) is 33.6 Å². The summed E-state index contributed by atoms with van der Waals surface area (Å²) in [4.78, 5) is 13.4. The van der Waals surface area contributed by atoms with Gasteiger partial charge in [0.2, 0.25) is 0 Å². The van der Waals surface area contributed by atoms with Gasteiger partial charge >= 0.3 is 5.97 Å². The summed E-state index contributed by atoms with van der Waals surface area (Å²) in [6.45, 7) is 6.51. The van der Waals surface area contributed by atoms with Gasteiger partial charge in [-0.25, -0.2) is 0 Å². The third-order valence-corrected chi connectivity index (χ3v) is 3.81. The zero-order chi connectivity index (χ0) is 12.5. The molecule has 0 aromatic heterocycles. The van der Waals surface area contributed by atoms with Crippen LogP contribution in [0.4, 0.5) is 0 Å². The molecule has 3 unspecified atom stereocenters. The van der Waals surface area contributed by atoms with E-state index < -0.39 is 17.5 Å². The molecule has 0 aliphatic carbocycles. The largest absolute Gasteiger partial charge is 0.481 e. The highest BCUT2D eigenvalue weighted by Crippen LogP contribution is 2.36. The summed E-state index contributed by atoms with van der Waals surface area (Å²) < 4.78 is 0. The van der Waals surface area contributed by atoms with Gasteiger partial charge in [-0.1, -0.05) is 13.8 Å². The Labute approximate surface area is 97.3 Å². The number of carboxylic acid groups (broad SMARTS) is 1. The molecule has 0 aromatic carbocycles. The van der Waals surface area contributed by atoms with E-state index in [1.807, 2.05) is 27.8 Å². The Kier molecular flexibility index (Phi) is 3.97. The van der Waals surface area contributed by atoms with E-state index in [2.05, 4.69) is 4.90 Å². The predicted molar refractivity (Wildman–Crippen MR) is 62.2 cm³/mol. The van der Waals surface area contributed by atoms with E-state index in [0.717, 1.165) is 6.54 Å². The van der Waals surface area contributed by atoms with Crippen LogP contribution in [0.25, 0.3) is 0 Å². The minimum atomic E-state index is -1.05. The number of hydrogen-bond acceptors (Lipinski definition) is 3. The van der Waals surface area contributed by atoms with E-state index in [4.69, 9.17) is 0 Å². The molecule has 2 N–H and O–H groups in total. The van der Waals surface area contributed by atoms with Crippen molar-refractivity contribution in [1.82, 2.24) is 4.90 Å². The fourth-order valence-corrected chi connectivity index (χ4v) is 2.78. The fourth-order valence-electron chi connectivity index (χ4n) is 2.78. The second kappa shape index (κ2) is 4.72. The Morgan fingerprint density at radius 2 is 2.06 bits per heavy atom. The lowest BCUT2D eigenvalue weighted by Crippen LogP contribution is -2.54. The van der Waals surface area contributed by atoms with E-state index >= 15 is 0 Å². The molecule has 16 heavy (non-hydrogen) atoms. The minimum Gasteiger partial charge on any atom is -0.481 e. The molecule has 1 saturated heterocycles. The van der Waals surface area contributed by atoms with Crippen LogP contribution >= 0.6 is 0 Å². The smallest absolute Gasteiger partial charge is 0.309 e. The van der Waals surface area contributed by atoms with Gasteiger partial charge in [-0.05, 0) is 32.7 Å². The van der Waals surface area contributed by atoms with Gasteiger partial charge in [0.15, 0.2) is 0 Å². The van der Waals surface area contributed by atoms with Crippen LogP contribution in [0, 0.1) is 11.8 Å². The molecule has 1 rings (SSSR count). The fraction of sp³-hybridized carbons (Fsp3) is 0.917. The van der Waals surface area contributed by atoms with E-state index in [1.165, 1.54) is 0 Å². The van der Waals surface area contributed by atoms with Crippen LogP contribution in [0.2, 0.25) is 0 Å². The summed E-state index contributed by atoms with van der Waals surface area (Å²) in [6.07, 6.45) is 1.08. The summed E-state index contributed by atoms with van der Waals surface area (Å²) in [5, 5.41) is 19.8. The van der Waals surface area contributed by atoms with E-state index in [0.29, 0.717) is 12.8 Å². The number of nitrogens with zero attached hydrogens (tertiary/aromatic N) is 1. The van der Waals surface area contributed by atoms with Gasteiger partial charge < -0.3 is 15.1 Å². The Morgan fingerprint density at radius 3 is 2.44 bits per heavy atom. The highest BCUT2D eigenvalue weighted by Gasteiger charge is 2.46. The Hall–Kier alpha value is -0.610. The third-order valence-electron chi connectivity index (χ3n) is 3.81. The summed E-state index contributed by atoms with van der Waals surface area (Å²) in [5.74, 6) is -1.59. The van der Waals surface area contributed by atoms with Crippen molar-refractivity contribution < 1.29 is 15.0 Å². The number of carboxylic acids is 1. The van der Waals surface area contributed by atoms with Crippen LogP contribution in [0.5, 0.6) is 0 Å². The monoisotopic (exact) mass is 229 g/mol. The van der Waals surface area contributed by atoms with Crippen LogP contribution in [-0.2, 0) is 4.79 Å². The SMILES string of the molecule is CC(C)C(C(=O)O)C1(O)CCN(C)C(C)C1. The number of piperidine rings is 1. The van der Waals surface area contributed by atoms with Crippen LogP contribution in [0.3, 0.4) is 0 Å². The Bertz CT molecular complexity index is 267. The van der Waals surface area contributed by atoms with E-state index in [-0.39, 0.29) is 12.0 Å². The molecule has 4 heteroatoms. The van der Waals surface area contributed by atoms with Gasteiger partial charge in [0, 0.05) is 12.6 Å². The summed E-state index contributed by atoms with van der Waals surface area (Å²) in [7, 11) is 2.01. The van der Waals surface area contributed by atoms with Crippen molar-refractivity contribution in [3.05, 3.63) is 0 Å². The van der Waals surface area contributed by atoms with Crippen molar-refractivity contribution in [2.45, 2.75) is 45.3 Å². The number of hydrogen-bond donors (Lipinski definition) is 2. The van der Waals surface area contributed by atoms with Crippen molar-refractivity contribution >= 4 is 5.97 Å². The molecule has 0 aromatic rings. The first kappa shape index (κ1) is 13.5. The van der Waals surface area contributed by atoms with Crippen LogP contribution in [-0.4, -0.2) is 46.3 Å². The van der Waals surface area contributed by atoms with Gasteiger partial charge in [0.1, 0.15) is 0 Å². The maximum atomic E-state index is 11.3. The molecule has 1 fully saturated rings. The lowest BCUT2D eigenvalue weighted by molar-refractivity contribution is -0.162. The average molecular weight is 229 g/mol. The first-order valence-electron chi connectivity index (χ1n) is 5.93. The molecule has 1 heterocycles. The lowest BCUT2D eigenvalue weighted by Gasteiger charge is -2.45. The standard InChI is InChI=1S/C12H23NO3/c1-8(2)10(11(14)15)12(16)5-6-13(4)9(3)7-12/h8-10,16H,5-7H2,1-4H3,(H,14,15). The lowest BCUT2D eigenvalue weighted by atomic mass is 9.72. The number of carbonyl (C=O) groups is 1. The predicted octanol–water partition coefficient (Wildman–Crippen LogP) is 1.19.